The molecule has 1 aromatic carbocycles. The van der Waals surface area contributed by atoms with Gasteiger partial charge in [-0.25, -0.2) is 8.78 Å². The number of rotatable bonds is 3. The number of hydrogen-bond donors (Lipinski definition) is 0. The molecule has 0 spiro atoms. The average molecular weight is 228 g/mol. The molecule has 0 aliphatic carbocycles. The summed E-state index contributed by atoms with van der Waals surface area (Å²) in [6.07, 6.45) is -4.97. The van der Waals surface area contributed by atoms with Crippen LogP contribution in [0.4, 0.5) is 22.0 Å². The molecule has 0 saturated heterocycles. The Morgan fingerprint density at radius 3 is 2.33 bits per heavy atom. The molecule has 0 saturated carbocycles. The van der Waals surface area contributed by atoms with E-state index in [1.165, 1.54) is 0 Å². The average Bonchev–Trinajstić information content (AvgIpc) is 2.08. The van der Waals surface area contributed by atoms with Gasteiger partial charge in [-0.3, -0.25) is 0 Å². The van der Waals surface area contributed by atoms with Gasteiger partial charge >= 0.3 is 6.36 Å². The minimum Gasteiger partial charge on any atom is -0.463 e. The Morgan fingerprint density at radius 2 is 1.87 bits per heavy atom. The zero-order valence-electron chi connectivity index (χ0n) is 7.15. The fourth-order valence-electron chi connectivity index (χ4n) is 0.842. The monoisotopic (exact) mass is 228 g/mol. The number of alkyl halides is 4. The predicted molar refractivity (Wildman–Crippen MR) is 39.7 cm³/mol. The van der Waals surface area contributed by atoms with E-state index >= 15 is 0 Å². The normalized spacial score (nSPS) is 11.3. The third-order valence-electron chi connectivity index (χ3n) is 1.35. The van der Waals surface area contributed by atoms with Gasteiger partial charge in [0.25, 0.3) is 0 Å². The van der Waals surface area contributed by atoms with Gasteiger partial charge in [0.05, 0.1) is 0 Å². The van der Waals surface area contributed by atoms with Crippen LogP contribution in [-0.4, -0.2) is 13.2 Å². The molecular formula is C8H5F5O2. The summed E-state index contributed by atoms with van der Waals surface area (Å²) in [5, 5.41) is 0. The second kappa shape index (κ2) is 4.33. The van der Waals surface area contributed by atoms with E-state index < -0.39 is 24.8 Å². The molecule has 0 atom stereocenters. The predicted octanol–water partition coefficient (Wildman–Crippen LogP) is 3.03. The molecule has 0 N–H and O–H groups in total. The molecule has 0 aliphatic heterocycles. The Hall–Kier alpha value is -1.53. The van der Waals surface area contributed by atoms with Crippen molar-refractivity contribution in [2.45, 2.75) is 6.36 Å². The Kier molecular flexibility index (Phi) is 3.33. The van der Waals surface area contributed by atoms with E-state index in [-0.39, 0.29) is 5.75 Å². The maximum atomic E-state index is 12.9. The highest BCUT2D eigenvalue weighted by Crippen LogP contribution is 2.28. The van der Waals surface area contributed by atoms with Gasteiger partial charge in [0.1, 0.15) is 5.75 Å². The second-order valence-corrected chi connectivity index (χ2v) is 2.39. The first-order chi connectivity index (χ1) is 6.92. The zero-order valence-corrected chi connectivity index (χ0v) is 7.15. The second-order valence-electron chi connectivity index (χ2n) is 2.39. The van der Waals surface area contributed by atoms with Crippen LogP contribution in [0.5, 0.6) is 11.5 Å². The molecule has 0 aromatic heterocycles. The van der Waals surface area contributed by atoms with E-state index in [1.807, 2.05) is 0 Å². The van der Waals surface area contributed by atoms with Crippen LogP contribution >= 0.6 is 0 Å². The Balaban J connectivity index is 2.84. The minimum atomic E-state index is -4.97. The standard InChI is InChI=1S/C8H5F5O2/c9-4-14-5-1-2-7(6(10)3-5)15-8(11,12)13/h1-3H,4H2. The van der Waals surface area contributed by atoms with Crippen LogP contribution < -0.4 is 9.47 Å². The fourth-order valence-corrected chi connectivity index (χ4v) is 0.842. The van der Waals surface area contributed by atoms with Crippen LogP contribution in [0.2, 0.25) is 0 Å². The summed E-state index contributed by atoms with van der Waals surface area (Å²) in [6, 6.07) is 2.26. The van der Waals surface area contributed by atoms with Crippen LogP contribution in [-0.2, 0) is 0 Å². The Morgan fingerprint density at radius 1 is 1.20 bits per heavy atom. The summed E-state index contributed by atoms with van der Waals surface area (Å²) in [6.45, 7) is -1.20. The largest absolute Gasteiger partial charge is 0.573 e. The molecule has 1 rings (SSSR count). The summed E-state index contributed by atoms with van der Waals surface area (Å²) in [7, 11) is 0. The van der Waals surface area contributed by atoms with E-state index in [9.17, 15) is 22.0 Å². The lowest BCUT2D eigenvalue weighted by Crippen LogP contribution is -2.17. The van der Waals surface area contributed by atoms with Crippen molar-refractivity contribution in [3.8, 4) is 11.5 Å². The Bertz CT molecular complexity index is 336. The topological polar surface area (TPSA) is 18.5 Å². The van der Waals surface area contributed by atoms with E-state index in [1.54, 1.807) is 0 Å². The third kappa shape index (κ3) is 3.61. The summed E-state index contributed by atoms with van der Waals surface area (Å²) < 4.78 is 67.1. The molecule has 84 valence electrons. The number of benzene rings is 1. The van der Waals surface area contributed by atoms with Gasteiger partial charge in [-0.1, -0.05) is 0 Å². The van der Waals surface area contributed by atoms with Crippen LogP contribution in [0.3, 0.4) is 0 Å². The summed E-state index contributed by atoms with van der Waals surface area (Å²) >= 11 is 0. The first-order valence-corrected chi connectivity index (χ1v) is 3.66. The van der Waals surface area contributed by atoms with Crippen LogP contribution in [0.15, 0.2) is 18.2 Å². The van der Waals surface area contributed by atoms with Crippen molar-refractivity contribution in [3.63, 3.8) is 0 Å². The minimum absolute atomic E-state index is 0.218. The van der Waals surface area contributed by atoms with Crippen molar-refractivity contribution < 1.29 is 31.4 Å². The molecule has 0 heterocycles. The number of hydrogen-bond acceptors (Lipinski definition) is 2. The van der Waals surface area contributed by atoms with Crippen molar-refractivity contribution in [3.05, 3.63) is 24.0 Å². The van der Waals surface area contributed by atoms with Gasteiger partial charge in [-0.2, -0.15) is 0 Å². The van der Waals surface area contributed by atoms with Gasteiger partial charge in [-0.15, -0.1) is 13.2 Å². The zero-order chi connectivity index (χ0) is 11.5. The molecule has 0 fully saturated rings. The molecular weight excluding hydrogens is 223 g/mol. The maximum Gasteiger partial charge on any atom is 0.573 e. The van der Waals surface area contributed by atoms with E-state index in [0.717, 1.165) is 6.07 Å². The summed E-state index contributed by atoms with van der Waals surface area (Å²) in [4.78, 5) is 0. The van der Waals surface area contributed by atoms with Crippen molar-refractivity contribution in [1.82, 2.24) is 0 Å². The highest BCUT2D eigenvalue weighted by Gasteiger charge is 2.32. The maximum absolute atomic E-state index is 12.9. The van der Waals surface area contributed by atoms with E-state index in [0.29, 0.717) is 12.1 Å². The van der Waals surface area contributed by atoms with E-state index in [2.05, 4.69) is 9.47 Å². The molecule has 0 bridgehead atoms. The van der Waals surface area contributed by atoms with Gasteiger partial charge < -0.3 is 9.47 Å². The molecule has 15 heavy (non-hydrogen) atoms. The van der Waals surface area contributed by atoms with Crippen LogP contribution in [0.1, 0.15) is 0 Å². The van der Waals surface area contributed by atoms with Gasteiger partial charge in [-0.05, 0) is 12.1 Å². The first-order valence-electron chi connectivity index (χ1n) is 3.66. The smallest absolute Gasteiger partial charge is 0.463 e. The highest BCUT2D eigenvalue weighted by atomic mass is 19.4. The molecule has 2 nitrogen and oxygen atoms in total. The molecule has 0 aliphatic rings. The van der Waals surface area contributed by atoms with Crippen molar-refractivity contribution in [1.29, 1.82) is 0 Å². The fraction of sp³-hybridized carbons (Fsp3) is 0.250. The summed E-state index contributed by atoms with van der Waals surface area (Å²) in [5.41, 5.74) is 0. The lowest BCUT2D eigenvalue weighted by molar-refractivity contribution is -0.275. The molecule has 0 radical (unpaired) electrons. The lowest BCUT2D eigenvalue weighted by atomic mass is 10.3. The van der Waals surface area contributed by atoms with E-state index in [4.69, 9.17) is 0 Å². The number of ether oxygens (including phenoxy) is 2. The summed E-state index contributed by atoms with van der Waals surface area (Å²) in [5.74, 6) is -2.49. The van der Waals surface area contributed by atoms with Crippen molar-refractivity contribution in [2.75, 3.05) is 6.86 Å². The molecule has 1 aromatic rings. The van der Waals surface area contributed by atoms with Crippen LogP contribution in [0.25, 0.3) is 0 Å². The molecule has 0 unspecified atom stereocenters. The molecule has 0 amide bonds. The van der Waals surface area contributed by atoms with Crippen molar-refractivity contribution >= 4 is 0 Å². The molecule has 7 heteroatoms. The SMILES string of the molecule is FCOc1ccc(OC(F)(F)F)c(F)c1. The lowest BCUT2D eigenvalue weighted by Gasteiger charge is -2.10. The number of halogens is 5. The Labute approximate surface area is 81.2 Å². The quantitative estimate of drug-likeness (QED) is 0.740. The van der Waals surface area contributed by atoms with Gasteiger partial charge in [0.15, 0.2) is 11.6 Å². The van der Waals surface area contributed by atoms with Gasteiger partial charge in [0.2, 0.25) is 6.86 Å². The first kappa shape index (κ1) is 11.5. The highest BCUT2D eigenvalue weighted by molar-refractivity contribution is 5.33. The third-order valence-corrected chi connectivity index (χ3v) is 1.35. The van der Waals surface area contributed by atoms with Crippen LogP contribution in [0, 0.1) is 5.82 Å². The van der Waals surface area contributed by atoms with Crippen molar-refractivity contribution in [2.24, 2.45) is 0 Å². The van der Waals surface area contributed by atoms with Gasteiger partial charge in [0, 0.05) is 6.07 Å².